The van der Waals surface area contributed by atoms with E-state index in [1.165, 1.54) is 16.5 Å². The highest BCUT2D eigenvalue weighted by Gasteiger charge is 2.09. The summed E-state index contributed by atoms with van der Waals surface area (Å²) in [5, 5.41) is 10.3. The summed E-state index contributed by atoms with van der Waals surface area (Å²) in [6, 6.07) is 32.2. The highest BCUT2D eigenvalue weighted by Crippen LogP contribution is 2.29. The van der Waals surface area contributed by atoms with E-state index in [1.54, 1.807) is 12.1 Å². The number of aromatic nitrogens is 1. The highest BCUT2D eigenvalue weighted by molar-refractivity contribution is 5.83. The average Bonchev–Trinajstić information content (AvgIpc) is 3.24. The number of hydrogen-bond acceptors (Lipinski definition) is 2. The number of hydrogen-bond donors (Lipinski definition) is 1. The molecule has 1 N–H and O–H groups in total. The molecule has 1 heterocycles. The Morgan fingerprint density at radius 3 is 2.27 bits per heavy atom. The van der Waals surface area contributed by atoms with Crippen molar-refractivity contribution in [1.29, 1.82) is 0 Å². The van der Waals surface area contributed by atoms with Crippen LogP contribution in [0.15, 0.2) is 103 Å². The molecule has 1 aromatic heterocycles. The molecule has 0 atom stereocenters. The Labute approximate surface area is 192 Å². The fourth-order valence-corrected chi connectivity index (χ4v) is 4.06. The van der Waals surface area contributed by atoms with Crippen LogP contribution in [0.1, 0.15) is 11.1 Å². The van der Waals surface area contributed by atoms with E-state index in [0.29, 0.717) is 17.1 Å². The molecule has 0 fully saturated rings. The molecule has 0 aliphatic carbocycles. The van der Waals surface area contributed by atoms with Gasteiger partial charge in [0.05, 0.1) is 11.9 Å². The van der Waals surface area contributed by atoms with E-state index in [9.17, 15) is 4.79 Å². The predicted octanol–water partition coefficient (Wildman–Crippen LogP) is 7.03. The number of carboxylic acids is 1. The lowest BCUT2D eigenvalue weighted by Gasteiger charge is -2.11. The van der Waals surface area contributed by atoms with Gasteiger partial charge >= 0.3 is 5.97 Å². The number of aryl methyl sites for hydroxylation is 1. The molecule has 0 amide bonds. The Kier molecular flexibility index (Phi) is 5.41. The van der Waals surface area contributed by atoms with Crippen molar-refractivity contribution in [2.24, 2.45) is 0 Å². The van der Waals surface area contributed by atoms with Gasteiger partial charge in [0.1, 0.15) is 11.5 Å². The molecule has 4 aromatic carbocycles. The third-order valence-corrected chi connectivity index (χ3v) is 5.72. The number of fused-ring (bicyclic) bond motifs is 1. The van der Waals surface area contributed by atoms with Crippen LogP contribution in [0.5, 0.6) is 11.5 Å². The van der Waals surface area contributed by atoms with Crippen molar-refractivity contribution in [1.82, 2.24) is 4.57 Å². The van der Waals surface area contributed by atoms with Crippen molar-refractivity contribution in [3.05, 3.63) is 114 Å². The van der Waals surface area contributed by atoms with E-state index in [1.807, 2.05) is 36.4 Å². The molecule has 5 aromatic rings. The molecule has 0 unspecified atom stereocenters. The van der Waals surface area contributed by atoms with Crippen LogP contribution in [-0.4, -0.2) is 15.6 Å². The number of ether oxygens (including phenoxy) is 1. The first-order valence-electron chi connectivity index (χ1n) is 10.8. The van der Waals surface area contributed by atoms with Gasteiger partial charge in [-0.25, -0.2) is 0 Å². The van der Waals surface area contributed by atoms with Crippen molar-refractivity contribution in [2.45, 2.75) is 13.3 Å². The Bertz CT molecular complexity index is 1430. The molecule has 162 valence electrons. The minimum atomic E-state index is -0.882. The molecular formula is C29H23NO3. The number of rotatable bonds is 6. The summed E-state index contributed by atoms with van der Waals surface area (Å²) < 4.78 is 8.15. The normalized spacial score (nSPS) is 10.9. The lowest BCUT2D eigenvalue weighted by molar-refractivity contribution is -0.136. The smallest absolute Gasteiger partial charge is 0.307 e. The second-order valence-electron chi connectivity index (χ2n) is 8.10. The largest absolute Gasteiger partial charge is 0.481 e. The van der Waals surface area contributed by atoms with Crippen molar-refractivity contribution < 1.29 is 14.6 Å². The van der Waals surface area contributed by atoms with E-state index in [0.717, 1.165) is 16.8 Å². The van der Waals surface area contributed by atoms with E-state index in [4.69, 9.17) is 9.84 Å². The maximum Gasteiger partial charge on any atom is 0.307 e. The van der Waals surface area contributed by atoms with Crippen LogP contribution in [0.25, 0.3) is 27.7 Å². The van der Waals surface area contributed by atoms with Crippen molar-refractivity contribution in [3.8, 4) is 28.3 Å². The molecule has 5 rings (SSSR count). The quantitative estimate of drug-likeness (QED) is 0.313. The highest BCUT2D eigenvalue weighted by atomic mass is 16.5. The first-order chi connectivity index (χ1) is 16.1. The SMILES string of the molecule is Cc1ccc2c(ccn2-c2ccc(-c3ccc(Oc4ccccc4CC(=O)O)cc3)cc2)c1. The molecule has 33 heavy (non-hydrogen) atoms. The van der Waals surface area contributed by atoms with Gasteiger partial charge in [-0.2, -0.15) is 0 Å². The summed E-state index contributed by atoms with van der Waals surface area (Å²) >= 11 is 0. The van der Waals surface area contributed by atoms with Gasteiger partial charge in [0.2, 0.25) is 0 Å². The second-order valence-corrected chi connectivity index (χ2v) is 8.10. The van der Waals surface area contributed by atoms with Crippen molar-refractivity contribution >= 4 is 16.9 Å². The standard InChI is InChI=1S/C29H23NO3/c1-20-6-15-27-23(18-20)16-17-30(27)25-11-7-21(8-12-25)22-9-13-26(14-10-22)33-28-5-3-2-4-24(28)19-29(31)32/h2-18H,19H2,1H3,(H,31,32). The van der Waals surface area contributed by atoms with Crippen LogP contribution in [0.2, 0.25) is 0 Å². The minimum Gasteiger partial charge on any atom is -0.481 e. The molecular weight excluding hydrogens is 410 g/mol. The molecule has 0 aliphatic rings. The van der Waals surface area contributed by atoms with E-state index >= 15 is 0 Å². The van der Waals surface area contributed by atoms with Crippen LogP contribution in [-0.2, 0) is 11.2 Å². The van der Waals surface area contributed by atoms with Gasteiger partial charge in [0.25, 0.3) is 0 Å². The number of nitrogens with zero attached hydrogens (tertiary/aromatic N) is 1. The lowest BCUT2D eigenvalue weighted by atomic mass is 10.1. The summed E-state index contributed by atoms with van der Waals surface area (Å²) in [5.41, 5.74) is 6.42. The topological polar surface area (TPSA) is 51.5 Å². The molecule has 0 radical (unpaired) electrons. The lowest BCUT2D eigenvalue weighted by Crippen LogP contribution is -2.01. The van der Waals surface area contributed by atoms with Gasteiger partial charge in [-0.3, -0.25) is 4.79 Å². The third kappa shape index (κ3) is 4.37. The minimum absolute atomic E-state index is 0.0725. The number of para-hydroxylation sites is 1. The predicted molar refractivity (Wildman–Crippen MR) is 131 cm³/mol. The Morgan fingerprint density at radius 1 is 0.848 bits per heavy atom. The summed E-state index contributed by atoms with van der Waals surface area (Å²) in [4.78, 5) is 11.1. The number of carboxylic acid groups (broad SMARTS) is 1. The van der Waals surface area contributed by atoms with Crippen molar-refractivity contribution in [3.63, 3.8) is 0 Å². The van der Waals surface area contributed by atoms with Gasteiger partial charge < -0.3 is 14.4 Å². The van der Waals surface area contributed by atoms with Gasteiger partial charge in [0.15, 0.2) is 0 Å². The van der Waals surface area contributed by atoms with Crippen LogP contribution in [0.4, 0.5) is 0 Å². The van der Waals surface area contributed by atoms with Gasteiger partial charge in [-0.05, 0) is 66.6 Å². The average molecular weight is 434 g/mol. The molecule has 4 heteroatoms. The summed E-state index contributed by atoms with van der Waals surface area (Å²) in [6.45, 7) is 2.11. The van der Waals surface area contributed by atoms with Gasteiger partial charge in [-0.15, -0.1) is 0 Å². The number of carbonyl (C=O) groups is 1. The zero-order valence-electron chi connectivity index (χ0n) is 18.2. The molecule has 0 saturated heterocycles. The van der Waals surface area contributed by atoms with E-state index in [-0.39, 0.29) is 6.42 Å². The summed E-state index contributed by atoms with van der Waals surface area (Å²) in [7, 11) is 0. The van der Waals surface area contributed by atoms with Crippen molar-refractivity contribution in [2.75, 3.05) is 0 Å². The zero-order chi connectivity index (χ0) is 22.8. The van der Waals surface area contributed by atoms with Crippen LogP contribution < -0.4 is 4.74 Å². The number of benzene rings is 4. The van der Waals surface area contributed by atoms with Crippen LogP contribution >= 0.6 is 0 Å². The molecule has 4 nitrogen and oxygen atoms in total. The zero-order valence-corrected chi connectivity index (χ0v) is 18.2. The summed E-state index contributed by atoms with van der Waals surface area (Å²) in [6.07, 6.45) is 2.03. The molecule has 0 saturated carbocycles. The maximum atomic E-state index is 11.1. The second kappa shape index (κ2) is 8.67. The summed E-state index contributed by atoms with van der Waals surface area (Å²) in [5.74, 6) is 0.348. The Hall–Kier alpha value is -4.31. The van der Waals surface area contributed by atoms with Gasteiger partial charge in [0, 0.05) is 22.8 Å². The third-order valence-electron chi connectivity index (χ3n) is 5.72. The Balaban J connectivity index is 1.35. The first kappa shape index (κ1) is 20.6. The number of aliphatic carboxylic acids is 1. The van der Waals surface area contributed by atoms with Crippen LogP contribution in [0, 0.1) is 6.92 Å². The Morgan fingerprint density at radius 2 is 1.55 bits per heavy atom. The molecule has 0 spiro atoms. The molecule has 0 bridgehead atoms. The fourth-order valence-electron chi connectivity index (χ4n) is 4.06. The molecule has 0 aliphatic heterocycles. The van der Waals surface area contributed by atoms with E-state index < -0.39 is 5.97 Å². The first-order valence-corrected chi connectivity index (χ1v) is 10.8. The maximum absolute atomic E-state index is 11.1. The van der Waals surface area contributed by atoms with E-state index in [2.05, 4.69) is 66.2 Å². The van der Waals surface area contributed by atoms with Crippen LogP contribution in [0.3, 0.4) is 0 Å². The monoisotopic (exact) mass is 433 g/mol. The fraction of sp³-hybridized carbons (Fsp3) is 0.0690. The van der Waals surface area contributed by atoms with Gasteiger partial charge in [-0.1, -0.05) is 54.1 Å².